The summed E-state index contributed by atoms with van der Waals surface area (Å²) in [5.74, 6) is -0.783. The number of piperazine rings is 1. The van der Waals surface area contributed by atoms with Crippen molar-refractivity contribution in [2.75, 3.05) is 26.2 Å². The number of nitrogens with one attached hydrogen (secondary N) is 2. The average Bonchev–Trinajstić information content (AvgIpc) is 2.51. The maximum Gasteiger partial charge on any atom is 0.416 e. The summed E-state index contributed by atoms with van der Waals surface area (Å²) in [7, 11) is 0. The second kappa shape index (κ2) is 6.99. The Bertz CT molecular complexity index is 572. The third-order valence-corrected chi connectivity index (χ3v) is 3.60. The summed E-state index contributed by atoms with van der Waals surface area (Å²) in [4.78, 5) is 25.5. The van der Waals surface area contributed by atoms with E-state index in [1.807, 2.05) is 6.92 Å². The zero-order chi connectivity index (χ0) is 17.0. The van der Waals surface area contributed by atoms with Crippen LogP contribution in [0.5, 0.6) is 0 Å². The lowest BCUT2D eigenvalue weighted by molar-refractivity contribution is -0.137. The Morgan fingerprint density at radius 2 is 1.96 bits per heavy atom. The van der Waals surface area contributed by atoms with Crippen LogP contribution in [-0.2, 0) is 11.0 Å². The van der Waals surface area contributed by atoms with E-state index in [2.05, 4.69) is 10.6 Å². The maximum absolute atomic E-state index is 12.5. The summed E-state index contributed by atoms with van der Waals surface area (Å²) in [6.07, 6.45) is -4.44. The zero-order valence-corrected chi connectivity index (χ0v) is 12.6. The molecule has 1 aromatic carbocycles. The first kappa shape index (κ1) is 17.3. The van der Waals surface area contributed by atoms with Crippen molar-refractivity contribution in [3.05, 3.63) is 35.4 Å². The number of nitrogens with zero attached hydrogens (tertiary/aromatic N) is 1. The van der Waals surface area contributed by atoms with E-state index in [4.69, 9.17) is 0 Å². The van der Waals surface area contributed by atoms with E-state index in [0.717, 1.165) is 24.3 Å². The van der Waals surface area contributed by atoms with Crippen molar-refractivity contribution in [1.82, 2.24) is 15.5 Å². The molecule has 1 aliphatic rings. The standard InChI is InChI=1S/C15H18F3N3O2/c1-10-9-21(7-6-19-10)13(22)8-20-14(23)11-2-4-12(5-3-11)15(16,17)18/h2-5,10,19H,6-9H2,1H3,(H,20,23). The van der Waals surface area contributed by atoms with Crippen molar-refractivity contribution in [3.8, 4) is 0 Å². The van der Waals surface area contributed by atoms with Crippen LogP contribution in [0.1, 0.15) is 22.8 Å². The summed E-state index contributed by atoms with van der Waals surface area (Å²) < 4.78 is 37.4. The van der Waals surface area contributed by atoms with Crippen LogP contribution < -0.4 is 10.6 Å². The lowest BCUT2D eigenvalue weighted by Crippen LogP contribution is -2.53. The average molecular weight is 329 g/mol. The highest BCUT2D eigenvalue weighted by Crippen LogP contribution is 2.29. The third kappa shape index (κ3) is 4.69. The highest BCUT2D eigenvalue weighted by atomic mass is 19.4. The summed E-state index contributed by atoms with van der Waals surface area (Å²) >= 11 is 0. The van der Waals surface area contributed by atoms with Gasteiger partial charge < -0.3 is 15.5 Å². The monoisotopic (exact) mass is 329 g/mol. The molecule has 8 heteroatoms. The summed E-state index contributed by atoms with van der Waals surface area (Å²) in [6, 6.07) is 4.06. The van der Waals surface area contributed by atoms with Crippen molar-refractivity contribution < 1.29 is 22.8 Å². The van der Waals surface area contributed by atoms with Crippen LogP contribution in [-0.4, -0.2) is 48.9 Å². The smallest absolute Gasteiger partial charge is 0.343 e. The molecule has 1 heterocycles. The first-order valence-electron chi connectivity index (χ1n) is 7.24. The van der Waals surface area contributed by atoms with Gasteiger partial charge in [-0.3, -0.25) is 9.59 Å². The van der Waals surface area contributed by atoms with Gasteiger partial charge in [0.25, 0.3) is 5.91 Å². The van der Waals surface area contributed by atoms with E-state index in [0.29, 0.717) is 19.6 Å². The fourth-order valence-electron chi connectivity index (χ4n) is 2.34. The summed E-state index contributed by atoms with van der Waals surface area (Å²) in [5.41, 5.74) is -0.737. The number of amides is 2. The molecule has 2 rings (SSSR count). The minimum absolute atomic E-state index is 0.0829. The molecule has 1 atom stereocenters. The molecule has 0 aliphatic carbocycles. The molecule has 2 amide bonds. The Morgan fingerprint density at radius 1 is 1.30 bits per heavy atom. The molecule has 1 aromatic rings. The van der Waals surface area contributed by atoms with E-state index < -0.39 is 17.6 Å². The van der Waals surface area contributed by atoms with E-state index in [1.165, 1.54) is 0 Å². The molecule has 0 aromatic heterocycles. The molecule has 0 bridgehead atoms. The van der Waals surface area contributed by atoms with Gasteiger partial charge in [-0.2, -0.15) is 13.2 Å². The number of alkyl halides is 3. The largest absolute Gasteiger partial charge is 0.416 e. The maximum atomic E-state index is 12.5. The number of rotatable bonds is 3. The van der Waals surface area contributed by atoms with E-state index in [1.54, 1.807) is 4.90 Å². The number of halogens is 3. The van der Waals surface area contributed by atoms with Gasteiger partial charge in [0.15, 0.2) is 0 Å². The van der Waals surface area contributed by atoms with Crippen molar-refractivity contribution >= 4 is 11.8 Å². The topological polar surface area (TPSA) is 61.4 Å². The summed E-state index contributed by atoms with van der Waals surface area (Å²) in [5, 5.41) is 5.64. The molecule has 0 radical (unpaired) electrons. The van der Waals surface area contributed by atoms with Gasteiger partial charge in [-0.1, -0.05) is 0 Å². The van der Waals surface area contributed by atoms with Gasteiger partial charge in [-0.15, -0.1) is 0 Å². The van der Waals surface area contributed by atoms with Gasteiger partial charge in [-0.05, 0) is 31.2 Å². The highest BCUT2D eigenvalue weighted by Gasteiger charge is 2.30. The van der Waals surface area contributed by atoms with Crippen molar-refractivity contribution in [2.24, 2.45) is 0 Å². The molecule has 0 saturated carbocycles. The molecule has 1 aliphatic heterocycles. The Kier molecular flexibility index (Phi) is 5.25. The normalized spacial score (nSPS) is 18.6. The minimum Gasteiger partial charge on any atom is -0.343 e. The molecular formula is C15H18F3N3O2. The number of hydrogen-bond donors (Lipinski definition) is 2. The van der Waals surface area contributed by atoms with Gasteiger partial charge in [-0.25, -0.2) is 0 Å². The quantitative estimate of drug-likeness (QED) is 0.878. The highest BCUT2D eigenvalue weighted by molar-refractivity contribution is 5.96. The number of carbonyl (C=O) groups excluding carboxylic acids is 2. The molecule has 5 nitrogen and oxygen atoms in total. The van der Waals surface area contributed by atoms with Crippen molar-refractivity contribution in [1.29, 1.82) is 0 Å². The number of carbonyl (C=O) groups is 2. The van der Waals surface area contributed by atoms with Crippen molar-refractivity contribution in [2.45, 2.75) is 19.1 Å². The van der Waals surface area contributed by atoms with E-state index in [-0.39, 0.29) is 24.1 Å². The van der Waals surface area contributed by atoms with E-state index in [9.17, 15) is 22.8 Å². The molecule has 1 unspecified atom stereocenters. The second-order valence-electron chi connectivity index (χ2n) is 5.45. The fourth-order valence-corrected chi connectivity index (χ4v) is 2.34. The molecule has 2 N–H and O–H groups in total. The molecule has 126 valence electrons. The molecule has 23 heavy (non-hydrogen) atoms. The van der Waals surface area contributed by atoms with Crippen LogP contribution in [0.25, 0.3) is 0 Å². The zero-order valence-electron chi connectivity index (χ0n) is 12.6. The fraction of sp³-hybridized carbons (Fsp3) is 0.467. The van der Waals surface area contributed by atoms with Crippen molar-refractivity contribution in [3.63, 3.8) is 0 Å². The van der Waals surface area contributed by atoms with Crippen LogP contribution in [0.2, 0.25) is 0 Å². The first-order valence-corrected chi connectivity index (χ1v) is 7.24. The van der Waals surface area contributed by atoms with Gasteiger partial charge >= 0.3 is 6.18 Å². The molecular weight excluding hydrogens is 311 g/mol. The van der Waals surface area contributed by atoms with Gasteiger partial charge in [0.1, 0.15) is 0 Å². The van der Waals surface area contributed by atoms with Crippen LogP contribution in [0.3, 0.4) is 0 Å². The molecule has 1 saturated heterocycles. The van der Waals surface area contributed by atoms with Crippen LogP contribution in [0, 0.1) is 0 Å². The first-order chi connectivity index (χ1) is 10.8. The SMILES string of the molecule is CC1CN(C(=O)CNC(=O)c2ccc(C(F)(F)F)cc2)CCN1. The Morgan fingerprint density at radius 3 is 2.52 bits per heavy atom. The minimum atomic E-state index is -4.44. The van der Waals surface area contributed by atoms with E-state index >= 15 is 0 Å². The van der Waals surface area contributed by atoms with Crippen LogP contribution in [0.4, 0.5) is 13.2 Å². The summed E-state index contributed by atoms with van der Waals surface area (Å²) in [6.45, 7) is 3.61. The lowest BCUT2D eigenvalue weighted by Gasteiger charge is -2.31. The van der Waals surface area contributed by atoms with Gasteiger partial charge in [0.2, 0.25) is 5.91 Å². The van der Waals surface area contributed by atoms with Gasteiger partial charge in [0, 0.05) is 31.2 Å². The second-order valence-corrected chi connectivity index (χ2v) is 5.45. The predicted molar refractivity (Wildman–Crippen MR) is 77.8 cm³/mol. The lowest BCUT2D eigenvalue weighted by atomic mass is 10.1. The Balaban J connectivity index is 1.88. The van der Waals surface area contributed by atoms with Crippen LogP contribution >= 0.6 is 0 Å². The number of benzene rings is 1. The predicted octanol–water partition coefficient (Wildman–Crippen LogP) is 1.26. The third-order valence-electron chi connectivity index (χ3n) is 3.60. The van der Waals surface area contributed by atoms with Crippen LogP contribution in [0.15, 0.2) is 24.3 Å². The molecule has 1 fully saturated rings. The van der Waals surface area contributed by atoms with Gasteiger partial charge in [0.05, 0.1) is 12.1 Å². The molecule has 0 spiro atoms. The number of hydrogen-bond acceptors (Lipinski definition) is 3. The Hall–Kier alpha value is -2.09. The Labute approximate surface area is 131 Å².